The summed E-state index contributed by atoms with van der Waals surface area (Å²) in [7, 11) is 0. The summed E-state index contributed by atoms with van der Waals surface area (Å²) in [5, 5.41) is 0.648. The molecule has 0 unspecified atom stereocenters. The van der Waals surface area contributed by atoms with Gasteiger partial charge in [-0.15, -0.1) is 0 Å². The molecular weight excluding hydrogens is 286 g/mol. The summed E-state index contributed by atoms with van der Waals surface area (Å²) in [6.45, 7) is 4.15. The van der Waals surface area contributed by atoms with Crippen LogP contribution < -0.4 is 4.90 Å². The van der Waals surface area contributed by atoms with Gasteiger partial charge in [-0.05, 0) is 42.7 Å². The van der Waals surface area contributed by atoms with Gasteiger partial charge in [-0.2, -0.15) is 0 Å². The van der Waals surface area contributed by atoms with E-state index < -0.39 is 11.7 Å². The number of ketones is 1. The zero-order valence-corrected chi connectivity index (χ0v) is 12.6. The summed E-state index contributed by atoms with van der Waals surface area (Å²) in [6, 6.07) is 11.1. The molecule has 2 aromatic rings. The Bertz CT molecular complexity index is 750. The molecule has 0 radical (unpaired) electrons. The summed E-state index contributed by atoms with van der Waals surface area (Å²) in [4.78, 5) is 26.1. The van der Waals surface area contributed by atoms with Crippen LogP contribution in [0.2, 0.25) is 5.02 Å². The molecule has 1 amide bonds. The van der Waals surface area contributed by atoms with Crippen molar-refractivity contribution >= 4 is 29.0 Å². The molecule has 0 aliphatic carbocycles. The lowest BCUT2D eigenvalue weighted by Crippen LogP contribution is -2.29. The molecule has 0 saturated heterocycles. The van der Waals surface area contributed by atoms with Crippen LogP contribution in [0, 0.1) is 13.8 Å². The van der Waals surface area contributed by atoms with Gasteiger partial charge in [-0.1, -0.05) is 35.9 Å². The topological polar surface area (TPSA) is 37.4 Å². The maximum absolute atomic E-state index is 12.3. The van der Waals surface area contributed by atoms with Gasteiger partial charge >= 0.3 is 0 Å². The van der Waals surface area contributed by atoms with Gasteiger partial charge in [0.1, 0.15) is 0 Å². The highest BCUT2D eigenvalue weighted by Crippen LogP contribution is 2.35. The molecule has 0 atom stereocenters. The number of rotatable bonds is 2. The molecule has 2 aromatic carbocycles. The molecule has 0 fully saturated rings. The number of nitrogens with zero attached hydrogens (tertiary/aromatic N) is 1. The number of carbonyl (C=O) groups is 2. The minimum Gasteiger partial charge on any atom is -0.300 e. The van der Waals surface area contributed by atoms with Crippen LogP contribution in [0.4, 0.5) is 5.69 Å². The molecule has 0 N–H and O–H groups in total. The number of anilines is 1. The second kappa shape index (κ2) is 5.01. The summed E-state index contributed by atoms with van der Waals surface area (Å²) in [5.74, 6) is -0.877. The van der Waals surface area contributed by atoms with Crippen molar-refractivity contribution in [2.75, 3.05) is 4.90 Å². The van der Waals surface area contributed by atoms with Crippen molar-refractivity contribution in [1.82, 2.24) is 0 Å². The Balaban J connectivity index is 2.05. The van der Waals surface area contributed by atoms with Gasteiger partial charge in [-0.3, -0.25) is 9.59 Å². The molecular formula is C17H14ClNO2. The van der Waals surface area contributed by atoms with Crippen molar-refractivity contribution in [2.45, 2.75) is 20.4 Å². The van der Waals surface area contributed by atoms with Crippen molar-refractivity contribution in [3.05, 3.63) is 63.7 Å². The molecule has 3 rings (SSSR count). The van der Waals surface area contributed by atoms with Crippen LogP contribution in [-0.2, 0) is 11.3 Å². The predicted molar refractivity (Wildman–Crippen MR) is 82.9 cm³/mol. The van der Waals surface area contributed by atoms with Gasteiger partial charge in [0.2, 0.25) is 0 Å². The Morgan fingerprint density at radius 2 is 1.57 bits per heavy atom. The third kappa shape index (κ3) is 2.24. The zero-order chi connectivity index (χ0) is 15.1. The molecule has 0 bridgehead atoms. The molecule has 21 heavy (non-hydrogen) atoms. The van der Waals surface area contributed by atoms with E-state index in [0.717, 1.165) is 22.4 Å². The van der Waals surface area contributed by atoms with E-state index in [1.807, 2.05) is 38.1 Å². The molecule has 1 aliphatic rings. The van der Waals surface area contributed by atoms with Gasteiger partial charge < -0.3 is 4.90 Å². The molecule has 0 spiro atoms. The Morgan fingerprint density at radius 3 is 2.24 bits per heavy atom. The Kier molecular flexibility index (Phi) is 3.30. The second-order valence-corrected chi connectivity index (χ2v) is 5.71. The average Bonchev–Trinajstić information content (AvgIpc) is 2.71. The number of hydrogen-bond donors (Lipinski definition) is 0. The largest absolute Gasteiger partial charge is 0.300 e. The Morgan fingerprint density at radius 1 is 0.952 bits per heavy atom. The Hall–Kier alpha value is -2.13. The number of aryl methyl sites for hydroxylation is 2. The van der Waals surface area contributed by atoms with Crippen LogP contribution in [0.25, 0.3) is 0 Å². The average molecular weight is 300 g/mol. The Labute approximate surface area is 128 Å². The number of Topliss-reactive ketones (excluding diaryl/α,β-unsaturated/α-hetero) is 1. The first-order valence-electron chi connectivity index (χ1n) is 6.70. The molecule has 106 valence electrons. The summed E-state index contributed by atoms with van der Waals surface area (Å²) in [6.07, 6.45) is 0. The third-order valence-electron chi connectivity index (χ3n) is 3.78. The molecule has 0 aromatic heterocycles. The normalized spacial score (nSPS) is 13.8. The predicted octanol–water partition coefficient (Wildman–Crippen LogP) is 3.69. The number of halogens is 1. The fourth-order valence-electron chi connectivity index (χ4n) is 2.68. The van der Waals surface area contributed by atoms with E-state index >= 15 is 0 Å². The highest BCUT2D eigenvalue weighted by Gasteiger charge is 2.37. The van der Waals surface area contributed by atoms with Crippen LogP contribution >= 0.6 is 11.6 Å². The van der Waals surface area contributed by atoms with Crippen LogP contribution in [0.5, 0.6) is 0 Å². The number of benzene rings is 2. The lowest BCUT2D eigenvalue weighted by molar-refractivity contribution is -0.114. The van der Waals surface area contributed by atoms with E-state index in [1.54, 1.807) is 17.0 Å². The minimum atomic E-state index is -0.461. The smallest absolute Gasteiger partial charge is 0.299 e. The highest BCUT2D eigenvalue weighted by atomic mass is 35.5. The molecule has 4 heteroatoms. The van der Waals surface area contributed by atoms with Crippen LogP contribution in [0.1, 0.15) is 27.0 Å². The van der Waals surface area contributed by atoms with Gasteiger partial charge in [0.25, 0.3) is 11.7 Å². The van der Waals surface area contributed by atoms with Gasteiger partial charge in [-0.25, -0.2) is 0 Å². The maximum atomic E-state index is 12.3. The second-order valence-electron chi connectivity index (χ2n) is 5.27. The third-order valence-corrected chi connectivity index (χ3v) is 4.03. The van der Waals surface area contributed by atoms with Gasteiger partial charge in [0.15, 0.2) is 0 Å². The van der Waals surface area contributed by atoms with Gasteiger partial charge in [0.05, 0.1) is 17.8 Å². The van der Waals surface area contributed by atoms with E-state index in [0.29, 0.717) is 17.1 Å². The zero-order valence-electron chi connectivity index (χ0n) is 11.8. The van der Waals surface area contributed by atoms with E-state index in [4.69, 9.17) is 11.6 Å². The van der Waals surface area contributed by atoms with E-state index in [9.17, 15) is 9.59 Å². The van der Waals surface area contributed by atoms with Crippen molar-refractivity contribution in [2.24, 2.45) is 0 Å². The molecule has 1 heterocycles. The van der Waals surface area contributed by atoms with E-state index in [-0.39, 0.29) is 0 Å². The number of fused-ring (bicyclic) bond motifs is 1. The summed E-state index contributed by atoms with van der Waals surface area (Å²) < 4.78 is 0. The summed E-state index contributed by atoms with van der Waals surface area (Å²) >= 11 is 5.87. The quantitative estimate of drug-likeness (QED) is 0.793. The monoisotopic (exact) mass is 299 g/mol. The summed E-state index contributed by atoms with van der Waals surface area (Å²) in [5.41, 5.74) is 3.99. The number of amides is 1. The SMILES string of the molecule is Cc1ccc(C)c2c1C(=O)C(=O)N2Cc1ccc(Cl)cc1. The van der Waals surface area contributed by atoms with Crippen LogP contribution in [0.15, 0.2) is 36.4 Å². The van der Waals surface area contributed by atoms with E-state index in [2.05, 4.69) is 0 Å². The van der Waals surface area contributed by atoms with Crippen molar-refractivity contribution in [3.63, 3.8) is 0 Å². The molecule has 1 aliphatic heterocycles. The fraction of sp³-hybridized carbons (Fsp3) is 0.176. The number of hydrogen-bond acceptors (Lipinski definition) is 2. The van der Waals surface area contributed by atoms with Crippen LogP contribution in [-0.4, -0.2) is 11.7 Å². The first kappa shape index (κ1) is 13.8. The minimum absolute atomic E-state index is 0.374. The lowest BCUT2D eigenvalue weighted by atomic mass is 10.0. The standard InChI is InChI=1S/C17H14ClNO2/c1-10-3-4-11(2)15-14(10)16(20)17(21)19(15)9-12-5-7-13(18)8-6-12/h3-8H,9H2,1-2H3. The lowest BCUT2D eigenvalue weighted by Gasteiger charge is -2.19. The molecule has 3 nitrogen and oxygen atoms in total. The maximum Gasteiger partial charge on any atom is 0.299 e. The molecule has 0 saturated carbocycles. The fourth-order valence-corrected chi connectivity index (χ4v) is 2.81. The van der Waals surface area contributed by atoms with Gasteiger partial charge in [0, 0.05) is 5.02 Å². The highest BCUT2D eigenvalue weighted by molar-refractivity contribution is 6.52. The first-order chi connectivity index (χ1) is 9.99. The number of carbonyl (C=O) groups excluding carboxylic acids is 2. The van der Waals surface area contributed by atoms with Crippen LogP contribution in [0.3, 0.4) is 0 Å². The first-order valence-corrected chi connectivity index (χ1v) is 7.07. The van der Waals surface area contributed by atoms with Crippen molar-refractivity contribution in [1.29, 1.82) is 0 Å². The van der Waals surface area contributed by atoms with Crippen molar-refractivity contribution < 1.29 is 9.59 Å². The van der Waals surface area contributed by atoms with E-state index in [1.165, 1.54) is 0 Å². The van der Waals surface area contributed by atoms with Crippen molar-refractivity contribution in [3.8, 4) is 0 Å².